The average molecular weight is 565 g/mol. The van der Waals surface area contributed by atoms with Gasteiger partial charge in [-0.2, -0.15) is 4.31 Å². The number of carbonyl (C=O) groups excluding carboxylic acids is 1. The first-order valence-corrected chi connectivity index (χ1v) is 15.4. The van der Waals surface area contributed by atoms with Crippen molar-refractivity contribution in [2.45, 2.75) is 53.0 Å². The van der Waals surface area contributed by atoms with Crippen LogP contribution in [0.25, 0.3) is 10.2 Å². The number of nitrogens with zero attached hydrogens (tertiary/aromatic N) is 4. The van der Waals surface area contributed by atoms with Gasteiger partial charge in [0.05, 0.1) is 27.4 Å². The van der Waals surface area contributed by atoms with Crippen molar-refractivity contribution < 1.29 is 13.2 Å². The summed E-state index contributed by atoms with van der Waals surface area (Å²) in [5.74, 6) is 0.126. The fourth-order valence-electron chi connectivity index (χ4n) is 4.37. The number of pyridine rings is 1. The molecule has 206 valence electrons. The van der Waals surface area contributed by atoms with Crippen LogP contribution in [0.5, 0.6) is 0 Å². The number of fused-ring (bicyclic) bond motifs is 1. The van der Waals surface area contributed by atoms with Gasteiger partial charge in [-0.25, -0.2) is 13.4 Å². The Bertz CT molecular complexity index is 1540. The molecule has 0 radical (unpaired) electrons. The second kappa shape index (κ2) is 11.9. The molecule has 1 amide bonds. The summed E-state index contributed by atoms with van der Waals surface area (Å²) in [6, 6.07) is 15.9. The third kappa shape index (κ3) is 6.54. The van der Waals surface area contributed by atoms with E-state index in [4.69, 9.17) is 4.98 Å². The summed E-state index contributed by atoms with van der Waals surface area (Å²) < 4.78 is 29.5. The number of amides is 1. The number of aryl methyl sites for hydroxylation is 2. The highest BCUT2D eigenvalue weighted by atomic mass is 32.2. The Morgan fingerprint density at radius 3 is 2.18 bits per heavy atom. The zero-order valence-corrected chi connectivity index (χ0v) is 25.0. The van der Waals surface area contributed by atoms with Gasteiger partial charge >= 0.3 is 0 Å². The predicted molar refractivity (Wildman–Crippen MR) is 159 cm³/mol. The minimum atomic E-state index is -3.69. The van der Waals surface area contributed by atoms with Gasteiger partial charge in [0, 0.05) is 24.8 Å². The Hall–Kier alpha value is -3.14. The van der Waals surface area contributed by atoms with Crippen molar-refractivity contribution in [3.05, 3.63) is 83.2 Å². The lowest BCUT2D eigenvalue weighted by Gasteiger charge is -2.26. The minimum absolute atomic E-state index is 0.183. The molecule has 7 nitrogen and oxygen atoms in total. The van der Waals surface area contributed by atoms with Crippen molar-refractivity contribution in [3.63, 3.8) is 0 Å². The van der Waals surface area contributed by atoms with E-state index < -0.39 is 10.0 Å². The first-order valence-electron chi connectivity index (χ1n) is 13.2. The highest BCUT2D eigenvalue weighted by Crippen LogP contribution is 2.33. The Morgan fingerprint density at radius 1 is 0.923 bits per heavy atom. The molecule has 0 N–H and O–H groups in total. The molecule has 39 heavy (non-hydrogen) atoms. The van der Waals surface area contributed by atoms with Gasteiger partial charge in [0.1, 0.15) is 0 Å². The van der Waals surface area contributed by atoms with Gasteiger partial charge in [-0.15, -0.1) is 0 Å². The predicted octanol–water partition coefficient (Wildman–Crippen LogP) is 6.46. The van der Waals surface area contributed by atoms with Crippen molar-refractivity contribution in [1.82, 2.24) is 14.3 Å². The maximum absolute atomic E-state index is 13.9. The van der Waals surface area contributed by atoms with Gasteiger partial charge in [-0.05, 0) is 79.3 Å². The van der Waals surface area contributed by atoms with Gasteiger partial charge in [-0.3, -0.25) is 14.7 Å². The third-order valence-electron chi connectivity index (χ3n) is 6.47. The molecule has 2 heterocycles. The summed E-state index contributed by atoms with van der Waals surface area (Å²) in [6.07, 6.45) is 1.70. The molecule has 0 aliphatic carbocycles. The van der Waals surface area contributed by atoms with Crippen molar-refractivity contribution in [2.24, 2.45) is 11.8 Å². The molecule has 0 unspecified atom stereocenters. The summed E-state index contributed by atoms with van der Waals surface area (Å²) in [5, 5.41) is 0.575. The molecule has 0 spiro atoms. The van der Waals surface area contributed by atoms with Crippen LogP contribution >= 0.6 is 11.3 Å². The van der Waals surface area contributed by atoms with Crippen molar-refractivity contribution >= 4 is 42.6 Å². The molecular weight excluding hydrogens is 528 g/mol. The third-order valence-corrected chi connectivity index (χ3v) is 9.36. The van der Waals surface area contributed by atoms with Crippen LogP contribution in [0.15, 0.2) is 65.7 Å². The van der Waals surface area contributed by atoms with E-state index in [0.717, 1.165) is 27.0 Å². The Labute approximate surface area is 235 Å². The van der Waals surface area contributed by atoms with Crippen LogP contribution in [0.1, 0.15) is 54.9 Å². The van der Waals surface area contributed by atoms with E-state index in [-0.39, 0.29) is 29.2 Å². The number of sulfonamides is 1. The van der Waals surface area contributed by atoms with Gasteiger partial charge in [0.15, 0.2) is 5.13 Å². The maximum Gasteiger partial charge on any atom is 0.260 e. The SMILES string of the molecule is Cc1ccc2sc(N(Cc3ccccn3)C(=O)c3ccc(S(=O)(=O)N(CC(C)C)CC(C)C)cc3)nc2c1C. The van der Waals surface area contributed by atoms with E-state index in [9.17, 15) is 13.2 Å². The zero-order chi connectivity index (χ0) is 28.3. The van der Waals surface area contributed by atoms with Crippen molar-refractivity contribution in [2.75, 3.05) is 18.0 Å². The van der Waals surface area contributed by atoms with Gasteiger partial charge in [0.25, 0.3) is 5.91 Å². The van der Waals surface area contributed by atoms with Crippen LogP contribution in [0.4, 0.5) is 5.13 Å². The molecule has 0 saturated heterocycles. The van der Waals surface area contributed by atoms with Crippen LogP contribution in [0.2, 0.25) is 0 Å². The number of benzene rings is 2. The molecule has 2 aromatic carbocycles. The second-order valence-corrected chi connectivity index (χ2v) is 13.6. The van der Waals surface area contributed by atoms with Crippen molar-refractivity contribution in [3.8, 4) is 0 Å². The van der Waals surface area contributed by atoms with Crippen LogP contribution in [-0.4, -0.2) is 41.7 Å². The summed E-state index contributed by atoms with van der Waals surface area (Å²) >= 11 is 1.46. The van der Waals surface area contributed by atoms with Crippen LogP contribution in [0.3, 0.4) is 0 Å². The van der Waals surface area contributed by atoms with Crippen LogP contribution in [-0.2, 0) is 16.6 Å². The minimum Gasteiger partial charge on any atom is -0.278 e. The average Bonchev–Trinajstić information content (AvgIpc) is 3.34. The lowest BCUT2D eigenvalue weighted by atomic mass is 10.1. The largest absolute Gasteiger partial charge is 0.278 e. The van der Waals surface area contributed by atoms with Gasteiger partial charge < -0.3 is 0 Å². The number of hydrogen-bond acceptors (Lipinski definition) is 6. The molecule has 0 bridgehead atoms. The summed E-state index contributed by atoms with van der Waals surface area (Å²) in [5.41, 5.74) is 4.22. The van der Waals surface area contributed by atoms with E-state index in [0.29, 0.717) is 23.8 Å². The quantitative estimate of drug-likeness (QED) is 0.221. The Kier molecular flexibility index (Phi) is 8.83. The topological polar surface area (TPSA) is 83.5 Å². The van der Waals surface area contributed by atoms with E-state index in [1.54, 1.807) is 23.2 Å². The summed E-state index contributed by atoms with van der Waals surface area (Å²) in [6.45, 7) is 13.2. The van der Waals surface area contributed by atoms with Crippen LogP contribution in [0, 0.1) is 25.7 Å². The number of carbonyl (C=O) groups is 1. The molecule has 9 heteroatoms. The molecule has 4 rings (SSSR count). The smallest absolute Gasteiger partial charge is 0.260 e. The van der Waals surface area contributed by atoms with E-state index in [1.807, 2.05) is 65.8 Å². The first kappa shape index (κ1) is 28.9. The van der Waals surface area contributed by atoms with E-state index in [1.165, 1.54) is 27.8 Å². The lowest BCUT2D eigenvalue weighted by Crippen LogP contribution is -2.37. The maximum atomic E-state index is 13.9. The lowest BCUT2D eigenvalue weighted by molar-refractivity contribution is 0.0984. The number of aromatic nitrogens is 2. The Balaban J connectivity index is 1.69. The Morgan fingerprint density at radius 2 is 1.59 bits per heavy atom. The molecule has 0 saturated carbocycles. The van der Waals surface area contributed by atoms with E-state index in [2.05, 4.69) is 11.1 Å². The normalized spacial score (nSPS) is 12.1. The molecule has 0 fully saturated rings. The molecule has 2 aromatic heterocycles. The fraction of sp³-hybridized carbons (Fsp3) is 0.367. The van der Waals surface area contributed by atoms with Gasteiger partial charge in [0.2, 0.25) is 10.0 Å². The zero-order valence-electron chi connectivity index (χ0n) is 23.4. The van der Waals surface area contributed by atoms with E-state index >= 15 is 0 Å². The number of anilines is 1. The summed E-state index contributed by atoms with van der Waals surface area (Å²) in [4.78, 5) is 24.9. The fourth-order valence-corrected chi connectivity index (χ4v) is 7.16. The highest BCUT2D eigenvalue weighted by molar-refractivity contribution is 7.89. The molecule has 0 aliphatic heterocycles. The number of hydrogen-bond donors (Lipinski definition) is 0. The van der Waals surface area contributed by atoms with Gasteiger partial charge in [-0.1, -0.05) is 51.2 Å². The monoisotopic (exact) mass is 564 g/mol. The standard InChI is InChI=1S/C30H36N4O3S2/c1-20(2)17-33(18-21(3)4)39(36,37)26-13-11-24(12-14-26)29(35)34(19-25-9-7-8-16-31-25)30-32-28-23(6)22(5)10-15-27(28)38-30/h7-16,20-21H,17-19H2,1-6H3. The van der Waals surface area contributed by atoms with Crippen LogP contribution < -0.4 is 4.90 Å². The molecule has 0 atom stereocenters. The highest BCUT2D eigenvalue weighted by Gasteiger charge is 2.27. The molecule has 4 aromatic rings. The first-order chi connectivity index (χ1) is 18.5. The molecule has 0 aliphatic rings. The number of rotatable bonds is 10. The summed E-state index contributed by atoms with van der Waals surface area (Å²) in [7, 11) is -3.69. The number of thiazole rings is 1. The second-order valence-electron chi connectivity index (χ2n) is 10.7. The van der Waals surface area contributed by atoms with Crippen molar-refractivity contribution in [1.29, 1.82) is 0 Å². The molecular formula is C30H36N4O3S2.